The standard InChI is InChI=1S/C17H19N3O2/c1-13-15(20(21)22)7-8-16(19-13)18-12-17(9-10-17)11-14-5-3-2-4-6-14/h2-8H,9-12H2,1H3,(H,18,19). The molecule has 1 aromatic carbocycles. The van der Waals surface area contributed by atoms with Crippen molar-refractivity contribution < 1.29 is 4.92 Å². The summed E-state index contributed by atoms with van der Waals surface area (Å²) < 4.78 is 0. The third-order valence-corrected chi connectivity index (χ3v) is 4.28. The van der Waals surface area contributed by atoms with Crippen LogP contribution in [0, 0.1) is 22.5 Å². The number of aryl methyl sites for hydroxylation is 1. The van der Waals surface area contributed by atoms with Crippen molar-refractivity contribution in [3.05, 3.63) is 63.8 Å². The van der Waals surface area contributed by atoms with E-state index in [0.29, 0.717) is 16.9 Å². The van der Waals surface area contributed by atoms with E-state index in [2.05, 4.69) is 34.6 Å². The van der Waals surface area contributed by atoms with Crippen LogP contribution in [0.3, 0.4) is 0 Å². The number of aromatic nitrogens is 1. The van der Waals surface area contributed by atoms with Crippen LogP contribution in [0.2, 0.25) is 0 Å². The molecule has 0 amide bonds. The lowest BCUT2D eigenvalue weighted by molar-refractivity contribution is -0.385. The molecule has 5 heteroatoms. The minimum Gasteiger partial charge on any atom is -0.369 e. The number of nitrogens with one attached hydrogen (secondary N) is 1. The van der Waals surface area contributed by atoms with Gasteiger partial charge in [0.05, 0.1) is 4.92 Å². The fourth-order valence-electron chi connectivity index (χ4n) is 2.74. The third-order valence-electron chi connectivity index (χ3n) is 4.28. The lowest BCUT2D eigenvalue weighted by Gasteiger charge is -2.16. The first-order valence-corrected chi connectivity index (χ1v) is 7.48. The number of nitro groups is 1. The minimum absolute atomic E-state index is 0.0657. The molecule has 1 saturated carbocycles. The zero-order valence-electron chi connectivity index (χ0n) is 12.6. The second kappa shape index (κ2) is 5.75. The molecule has 2 aromatic rings. The molecule has 0 saturated heterocycles. The van der Waals surface area contributed by atoms with Gasteiger partial charge in [-0.25, -0.2) is 4.98 Å². The number of anilines is 1. The molecule has 3 rings (SSSR count). The van der Waals surface area contributed by atoms with E-state index < -0.39 is 4.92 Å². The Labute approximate surface area is 129 Å². The van der Waals surface area contributed by atoms with Crippen LogP contribution in [-0.4, -0.2) is 16.5 Å². The van der Waals surface area contributed by atoms with Gasteiger partial charge in [-0.05, 0) is 43.2 Å². The van der Waals surface area contributed by atoms with Crippen LogP contribution >= 0.6 is 0 Å². The molecular formula is C17H19N3O2. The number of benzene rings is 1. The number of rotatable bonds is 6. The van der Waals surface area contributed by atoms with Gasteiger partial charge in [0.2, 0.25) is 0 Å². The van der Waals surface area contributed by atoms with Crippen molar-refractivity contribution in [3.63, 3.8) is 0 Å². The van der Waals surface area contributed by atoms with Gasteiger partial charge in [0.1, 0.15) is 11.5 Å². The van der Waals surface area contributed by atoms with Crippen LogP contribution in [0.4, 0.5) is 11.5 Å². The van der Waals surface area contributed by atoms with Gasteiger partial charge in [0.25, 0.3) is 5.69 Å². The second-order valence-corrected chi connectivity index (χ2v) is 6.07. The highest BCUT2D eigenvalue weighted by atomic mass is 16.6. The average Bonchev–Trinajstić information content (AvgIpc) is 3.26. The van der Waals surface area contributed by atoms with E-state index in [-0.39, 0.29) is 5.69 Å². The zero-order valence-corrected chi connectivity index (χ0v) is 12.6. The molecule has 22 heavy (non-hydrogen) atoms. The van der Waals surface area contributed by atoms with Crippen molar-refractivity contribution >= 4 is 11.5 Å². The molecule has 1 aliphatic rings. The Balaban J connectivity index is 1.63. The Kier molecular flexibility index (Phi) is 3.79. The van der Waals surface area contributed by atoms with Crippen molar-refractivity contribution in [1.82, 2.24) is 4.98 Å². The molecule has 1 fully saturated rings. The zero-order chi connectivity index (χ0) is 15.6. The Bertz CT molecular complexity index is 682. The van der Waals surface area contributed by atoms with Gasteiger partial charge in [-0.2, -0.15) is 0 Å². The number of pyridine rings is 1. The second-order valence-electron chi connectivity index (χ2n) is 6.07. The molecule has 0 bridgehead atoms. The van der Waals surface area contributed by atoms with Gasteiger partial charge in [0, 0.05) is 12.6 Å². The lowest BCUT2D eigenvalue weighted by Crippen LogP contribution is -2.18. The summed E-state index contributed by atoms with van der Waals surface area (Å²) in [5.41, 5.74) is 2.17. The van der Waals surface area contributed by atoms with Gasteiger partial charge in [-0.1, -0.05) is 30.3 Å². The van der Waals surface area contributed by atoms with Crippen LogP contribution in [0.25, 0.3) is 0 Å². The molecule has 5 nitrogen and oxygen atoms in total. The molecule has 0 unspecified atom stereocenters. The van der Waals surface area contributed by atoms with E-state index in [9.17, 15) is 10.1 Å². The summed E-state index contributed by atoms with van der Waals surface area (Å²) in [5, 5.41) is 14.1. The highest BCUT2D eigenvalue weighted by Crippen LogP contribution is 2.48. The fraction of sp³-hybridized carbons (Fsp3) is 0.353. The molecule has 114 valence electrons. The topological polar surface area (TPSA) is 68.1 Å². The summed E-state index contributed by atoms with van der Waals surface area (Å²) in [6.07, 6.45) is 3.48. The highest BCUT2D eigenvalue weighted by molar-refractivity contribution is 5.45. The van der Waals surface area contributed by atoms with Crippen LogP contribution in [0.5, 0.6) is 0 Å². The van der Waals surface area contributed by atoms with Crippen molar-refractivity contribution in [2.24, 2.45) is 5.41 Å². The Morgan fingerprint density at radius 2 is 1.95 bits per heavy atom. The van der Waals surface area contributed by atoms with Gasteiger partial charge >= 0.3 is 0 Å². The minimum atomic E-state index is -0.399. The smallest absolute Gasteiger partial charge is 0.290 e. The van der Waals surface area contributed by atoms with Crippen molar-refractivity contribution in [2.75, 3.05) is 11.9 Å². The maximum Gasteiger partial charge on any atom is 0.290 e. The molecule has 0 aliphatic heterocycles. The summed E-state index contributed by atoms with van der Waals surface area (Å²) >= 11 is 0. The fourth-order valence-corrected chi connectivity index (χ4v) is 2.74. The van der Waals surface area contributed by atoms with Crippen LogP contribution in [-0.2, 0) is 6.42 Å². The summed E-state index contributed by atoms with van der Waals surface area (Å²) in [6.45, 7) is 2.52. The molecule has 0 spiro atoms. The van der Waals surface area contributed by atoms with E-state index >= 15 is 0 Å². The van der Waals surface area contributed by atoms with Gasteiger partial charge in [-0.3, -0.25) is 10.1 Å². The average molecular weight is 297 g/mol. The molecule has 1 aliphatic carbocycles. The van der Waals surface area contributed by atoms with E-state index in [1.54, 1.807) is 13.0 Å². The molecule has 1 N–H and O–H groups in total. The van der Waals surface area contributed by atoms with Crippen LogP contribution in [0.1, 0.15) is 24.1 Å². The summed E-state index contributed by atoms with van der Waals surface area (Å²) in [6, 6.07) is 13.7. The normalized spacial score (nSPS) is 15.3. The largest absolute Gasteiger partial charge is 0.369 e. The first-order valence-electron chi connectivity index (χ1n) is 7.48. The first kappa shape index (κ1) is 14.5. The maximum absolute atomic E-state index is 10.8. The Morgan fingerprint density at radius 3 is 2.55 bits per heavy atom. The quantitative estimate of drug-likeness (QED) is 0.651. The third kappa shape index (κ3) is 3.24. The van der Waals surface area contributed by atoms with Crippen LogP contribution < -0.4 is 5.32 Å². The summed E-state index contributed by atoms with van der Waals surface area (Å²) in [7, 11) is 0. The molecule has 0 radical (unpaired) electrons. The first-order chi connectivity index (χ1) is 10.6. The predicted octanol–water partition coefficient (Wildman–Crippen LogP) is 3.73. The number of hydrogen-bond donors (Lipinski definition) is 1. The van der Waals surface area contributed by atoms with Crippen LogP contribution in [0.15, 0.2) is 42.5 Å². The van der Waals surface area contributed by atoms with E-state index in [0.717, 1.165) is 13.0 Å². The van der Waals surface area contributed by atoms with Gasteiger partial charge < -0.3 is 5.32 Å². The lowest BCUT2D eigenvalue weighted by atomic mass is 9.96. The summed E-state index contributed by atoms with van der Waals surface area (Å²) in [4.78, 5) is 14.7. The summed E-state index contributed by atoms with van der Waals surface area (Å²) in [5.74, 6) is 0.711. The van der Waals surface area contributed by atoms with Crippen molar-refractivity contribution in [2.45, 2.75) is 26.2 Å². The molecule has 1 heterocycles. The Hall–Kier alpha value is -2.43. The maximum atomic E-state index is 10.8. The van der Waals surface area contributed by atoms with Gasteiger partial charge in [-0.15, -0.1) is 0 Å². The monoisotopic (exact) mass is 297 g/mol. The van der Waals surface area contributed by atoms with Crippen molar-refractivity contribution in [1.29, 1.82) is 0 Å². The van der Waals surface area contributed by atoms with Gasteiger partial charge in [0.15, 0.2) is 0 Å². The predicted molar refractivity (Wildman–Crippen MR) is 85.9 cm³/mol. The van der Waals surface area contributed by atoms with E-state index in [1.165, 1.54) is 24.5 Å². The number of nitrogens with zero attached hydrogens (tertiary/aromatic N) is 2. The molecule has 1 aromatic heterocycles. The molecular weight excluding hydrogens is 278 g/mol. The highest BCUT2D eigenvalue weighted by Gasteiger charge is 2.42. The SMILES string of the molecule is Cc1nc(NCC2(Cc3ccccc3)CC2)ccc1[N+](=O)[O-]. The van der Waals surface area contributed by atoms with E-state index in [4.69, 9.17) is 0 Å². The molecule has 0 atom stereocenters. The number of hydrogen-bond acceptors (Lipinski definition) is 4. The van der Waals surface area contributed by atoms with E-state index in [1.807, 2.05) is 6.07 Å². The van der Waals surface area contributed by atoms with Crippen molar-refractivity contribution in [3.8, 4) is 0 Å². The Morgan fingerprint density at radius 1 is 1.23 bits per heavy atom.